The molecule has 12 heteroatoms. The van der Waals surface area contributed by atoms with Crippen molar-refractivity contribution in [3.05, 3.63) is 72.0 Å². The Bertz CT molecular complexity index is 1620. The van der Waals surface area contributed by atoms with Crippen molar-refractivity contribution < 1.29 is 22.0 Å². The van der Waals surface area contributed by atoms with Crippen molar-refractivity contribution in [1.29, 1.82) is 0 Å². The summed E-state index contributed by atoms with van der Waals surface area (Å²) in [7, 11) is -1.94. The van der Waals surface area contributed by atoms with Gasteiger partial charge in [-0.1, -0.05) is 6.07 Å². The lowest BCUT2D eigenvalue weighted by atomic mass is 10.1. The van der Waals surface area contributed by atoms with Crippen LogP contribution < -0.4 is 15.5 Å². The van der Waals surface area contributed by atoms with Gasteiger partial charge in [0.2, 0.25) is 9.84 Å². The summed E-state index contributed by atoms with van der Waals surface area (Å²) in [6.45, 7) is 2.94. The summed E-state index contributed by atoms with van der Waals surface area (Å²) in [5.41, 5.74) is 2.21. The van der Waals surface area contributed by atoms with Crippen LogP contribution in [0.2, 0.25) is 0 Å². The molecule has 0 atom stereocenters. The average molecular weight is 555 g/mol. The number of aromatic nitrogens is 2. The number of piperazine rings is 1. The molecular weight excluding hydrogens is 526 g/mol. The monoisotopic (exact) mass is 554 g/mol. The lowest BCUT2D eigenvalue weighted by molar-refractivity contribution is 0.102. The summed E-state index contributed by atoms with van der Waals surface area (Å²) in [5.74, 6) is -1.02. The van der Waals surface area contributed by atoms with Gasteiger partial charge >= 0.3 is 0 Å². The van der Waals surface area contributed by atoms with E-state index in [9.17, 15) is 22.0 Å². The molecule has 204 valence electrons. The number of fused-ring (bicyclic) bond motifs is 1. The highest BCUT2D eigenvalue weighted by atomic mass is 32.2. The minimum Gasteiger partial charge on any atom is -0.382 e. The van der Waals surface area contributed by atoms with Gasteiger partial charge in [0, 0.05) is 49.5 Å². The number of anilines is 3. The first-order valence-electron chi connectivity index (χ1n) is 12.4. The predicted octanol–water partition coefficient (Wildman–Crippen LogP) is 3.92. The van der Waals surface area contributed by atoms with Gasteiger partial charge in [0.25, 0.3) is 5.91 Å². The van der Waals surface area contributed by atoms with Crippen molar-refractivity contribution in [2.75, 3.05) is 62.0 Å². The number of nitrogens with one attached hydrogen (secondary N) is 3. The molecule has 4 aromatic rings. The molecule has 3 N–H and O–H groups in total. The number of halogens is 2. The van der Waals surface area contributed by atoms with Crippen molar-refractivity contribution in [3.63, 3.8) is 0 Å². The van der Waals surface area contributed by atoms with Crippen LogP contribution >= 0.6 is 0 Å². The van der Waals surface area contributed by atoms with Crippen molar-refractivity contribution in [1.82, 2.24) is 15.1 Å². The fraction of sp³-hybridized carbons (Fsp3) is 0.259. The minimum absolute atomic E-state index is 0.0408. The topological polar surface area (TPSA) is 110 Å². The summed E-state index contributed by atoms with van der Waals surface area (Å²) in [6, 6.07) is 14.4. The number of hydrogen-bond donors (Lipinski definition) is 3. The first-order valence-corrected chi connectivity index (χ1v) is 13.9. The lowest BCUT2D eigenvalue weighted by Crippen LogP contribution is -2.44. The van der Waals surface area contributed by atoms with Gasteiger partial charge < -0.3 is 20.4 Å². The van der Waals surface area contributed by atoms with Crippen LogP contribution in [-0.4, -0.2) is 75.9 Å². The van der Waals surface area contributed by atoms with Crippen molar-refractivity contribution >= 4 is 43.8 Å². The quantitative estimate of drug-likeness (QED) is 0.303. The highest BCUT2D eigenvalue weighted by Gasteiger charge is 2.22. The van der Waals surface area contributed by atoms with Crippen molar-refractivity contribution in [3.8, 4) is 0 Å². The minimum atomic E-state index is -4.01. The standard InChI is InChI=1S/C27H28F2N6O3S/c1-34-11-13-35(14-12-34)19-5-7-22(25(16-19)30-10-9-28)27(36)31-26-23-17-21(6-8-24(23)32-33-26)39(37,38)20-4-2-3-18(29)15-20/h2-8,15-17,30H,9-14H2,1H3,(H2,31,32,33,36). The number of H-pyrrole nitrogens is 1. The zero-order chi connectivity index (χ0) is 27.6. The van der Waals surface area contributed by atoms with Crippen LogP contribution in [-0.2, 0) is 9.84 Å². The molecule has 39 heavy (non-hydrogen) atoms. The molecule has 0 spiro atoms. The Morgan fingerprint density at radius 2 is 1.79 bits per heavy atom. The van der Waals surface area contributed by atoms with Gasteiger partial charge in [0.1, 0.15) is 12.5 Å². The average Bonchev–Trinajstić information content (AvgIpc) is 3.34. The Hall–Kier alpha value is -4.03. The van der Waals surface area contributed by atoms with Crippen molar-refractivity contribution in [2.45, 2.75) is 9.79 Å². The third-order valence-electron chi connectivity index (χ3n) is 6.71. The van der Waals surface area contributed by atoms with Crippen molar-refractivity contribution in [2.24, 2.45) is 0 Å². The molecule has 1 amide bonds. The van der Waals surface area contributed by atoms with E-state index in [-0.39, 0.29) is 22.2 Å². The van der Waals surface area contributed by atoms with Crippen LogP contribution in [0.4, 0.5) is 26.0 Å². The molecule has 0 bridgehead atoms. The summed E-state index contributed by atoms with van der Waals surface area (Å²) in [6.07, 6.45) is 0. The third-order valence-corrected chi connectivity index (χ3v) is 8.46. The molecule has 0 aliphatic carbocycles. The predicted molar refractivity (Wildman–Crippen MR) is 147 cm³/mol. The van der Waals surface area contributed by atoms with E-state index in [4.69, 9.17) is 0 Å². The molecule has 1 aliphatic rings. The summed E-state index contributed by atoms with van der Waals surface area (Å²) < 4.78 is 52.9. The van der Waals surface area contributed by atoms with Crippen LogP contribution in [0.3, 0.4) is 0 Å². The molecule has 0 radical (unpaired) electrons. The van der Waals surface area contributed by atoms with Gasteiger partial charge in [-0.25, -0.2) is 17.2 Å². The number of amides is 1. The maximum atomic E-state index is 13.7. The Morgan fingerprint density at radius 3 is 2.54 bits per heavy atom. The Balaban J connectivity index is 1.43. The van der Waals surface area contributed by atoms with Gasteiger partial charge in [-0.3, -0.25) is 9.89 Å². The van der Waals surface area contributed by atoms with E-state index in [1.807, 2.05) is 12.1 Å². The Kier molecular flexibility index (Phi) is 7.49. The summed E-state index contributed by atoms with van der Waals surface area (Å²) >= 11 is 0. The van der Waals surface area contributed by atoms with E-state index in [1.165, 1.54) is 36.4 Å². The molecule has 1 aromatic heterocycles. The molecule has 3 aromatic carbocycles. The van der Waals surface area contributed by atoms with Crippen LogP contribution in [0.1, 0.15) is 10.4 Å². The van der Waals surface area contributed by atoms with E-state index in [1.54, 1.807) is 6.07 Å². The lowest BCUT2D eigenvalue weighted by Gasteiger charge is -2.34. The summed E-state index contributed by atoms with van der Waals surface area (Å²) in [4.78, 5) is 17.5. The molecule has 5 rings (SSSR count). The number of hydrogen-bond acceptors (Lipinski definition) is 7. The van der Waals surface area contributed by atoms with Gasteiger partial charge in [-0.15, -0.1) is 0 Å². The molecular formula is C27H28F2N6O3S. The molecule has 1 saturated heterocycles. The van der Waals surface area contributed by atoms with Gasteiger partial charge in [0.15, 0.2) is 5.82 Å². The second-order valence-electron chi connectivity index (χ2n) is 9.33. The molecule has 0 saturated carbocycles. The molecule has 1 aliphatic heterocycles. The number of carbonyl (C=O) groups is 1. The van der Waals surface area contributed by atoms with E-state index in [0.29, 0.717) is 22.2 Å². The van der Waals surface area contributed by atoms with Gasteiger partial charge in [-0.05, 0) is 61.6 Å². The number of carbonyl (C=O) groups excluding carboxylic acids is 1. The fourth-order valence-corrected chi connectivity index (χ4v) is 5.84. The smallest absolute Gasteiger partial charge is 0.258 e. The number of benzene rings is 3. The number of likely N-dealkylation sites (N-methyl/N-ethyl adjacent to an activating group) is 1. The fourth-order valence-electron chi connectivity index (χ4n) is 4.52. The van der Waals surface area contributed by atoms with E-state index < -0.39 is 28.2 Å². The molecule has 0 unspecified atom stereocenters. The van der Waals surface area contributed by atoms with Crippen LogP contribution in [0, 0.1) is 5.82 Å². The molecule has 1 fully saturated rings. The summed E-state index contributed by atoms with van der Waals surface area (Å²) in [5, 5.41) is 13.0. The van der Waals surface area contributed by atoms with E-state index >= 15 is 0 Å². The highest BCUT2D eigenvalue weighted by molar-refractivity contribution is 7.91. The zero-order valence-corrected chi connectivity index (χ0v) is 22.1. The first kappa shape index (κ1) is 26.6. The largest absolute Gasteiger partial charge is 0.382 e. The third kappa shape index (κ3) is 5.57. The SMILES string of the molecule is CN1CCN(c2ccc(C(=O)Nc3n[nH]c4ccc(S(=O)(=O)c5cccc(F)c5)cc34)c(NCCF)c2)CC1. The maximum Gasteiger partial charge on any atom is 0.258 e. The second-order valence-corrected chi connectivity index (χ2v) is 11.3. The van der Waals surface area contributed by atoms with Crippen LogP contribution in [0.15, 0.2) is 70.5 Å². The number of rotatable bonds is 8. The number of nitrogens with zero attached hydrogens (tertiary/aromatic N) is 3. The number of aromatic amines is 1. The number of sulfone groups is 1. The molecule has 2 heterocycles. The normalized spacial score (nSPS) is 14.5. The zero-order valence-electron chi connectivity index (χ0n) is 21.2. The Morgan fingerprint density at radius 1 is 1.03 bits per heavy atom. The first-order chi connectivity index (χ1) is 18.8. The van der Waals surface area contributed by atoms with Gasteiger partial charge in [0.05, 0.1) is 20.9 Å². The van der Waals surface area contributed by atoms with Crippen LogP contribution in [0.5, 0.6) is 0 Å². The second kappa shape index (κ2) is 11.0. The van der Waals surface area contributed by atoms with E-state index in [0.717, 1.165) is 37.9 Å². The number of alkyl halides is 1. The Labute approximate surface area is 224 Å². The van der Waals surface area contributed by atoms with Gasteiger partial charge in [-0.2, -0.15) is 5.10 Å². The molecule has 9 nitrogen and oxygen atoms in total. The van der Waals surface area contributed by atoms with E-state index in [2.05, 4.69) is 37.7 Å². The highest BCUT2D eigenvalue weighted by Crippen LogP contribution is 2.30. The van der Waals surface area contributed by atoms with Crippen LogP contribution in [0.25, 0.3) is 10.9 Å². The maximum absolute atomic E-state index is 13.7.